The van der Waals surface area contributed by atoms with E-state index in [0.29, 0.717) is 19.1 Å². The van der Waals surface area contributed by atoms with Crippen molar-refractivity contribution in [1.82, 2.24) is 9.55 Å². The maximum atomic E-state index is 13.5. The van der Waals surface area contributed by atoms with Gasteiger partial charge in [-0.05, 0) is 24.6 Å². The summed E-state index contributed by atoms with van der Waals surface area (Å²) >= 11 is 0. The molecule has 0 aliphatic carbocycles. The van der Waals surface area contributed by atoms with Gasteiger partial charge in [-0.15, -0.1) is 0 Å². The fourth-order valence-corrected chi connectivity index (χ4v) is 3.89. The summed E-state index contributed by atoms with van der Waals surface area (Å²) < 4.78 is 12.5. The van der Waals surface area contributed by atoms with E-state index in [1.54, 1.807) is 14.0 Å². The Labute approximate surface area is 168 Å². The molecule has 0 radical (unpaired) electrons. The van der Waals surface area contributed by atoms with E-state index in [4.69, 9.17) is 14.5 Å². The average Bonchev–Trinajstić information content (AvgIpc) is 3.12. The number of hydrogen-bond donors (Lipinski definition) is 0. The molecular weight excluding hydrogens is 370 g/mol. The van der Waals surface area contributed by atoms with Crippen LogP contribution in [0.15, 0.2) is 54.6 Å². The van der Waals surface area contributed by atoms with Gasteiger partial charge in [0.15, 0.2) is 5.92 Å². The Balaban J connectivity index is 1.97. The molecule has 7 nitrogen and oxygen atoms in total. The average molecular weight is 393 g/mol. The zero-order valence-corrected chi connectivity index (χ0v) is 16.4. The van der Waals surface area contributed by atoms with E-state index in [9.17, 15) is 9.59 Å². The lowest BCUT2D eigenvalue weighted by molar-refractivity contribution is -0.153. The molecule has 3 aromatic rings. The highest BCUT2D eigenvalue weighted by molar-refractivity contribution is 6.08. The van der Waals surface area contributed by atoms with Crippen LogP contribution >= 0.6 is 0 Å². The lowest BCUT2D eigenvalue weighted by atomic mass is 9.89. The van der Waals surface area contributed by atoms with Gasteiger partial charge in [0.05, 0.1) is 36.8 Å². The number of para-hydroxylation sites is 2. The van der Waals surface area contributed by atoms with Gasteiger partial charge in [-0.1, -0.05) is 42.5 Å². The number of amides is 1. The smallest absolute Gasteiger partial charge is 0.321 e. The van der Waals surface area contributed by atoms with Gasteiger partial charge in [0.25, 0.3) is 0 Å². The standard InChI is InChI=1S/C22H23N3O4/c1-3-29-21(27)18-19(15-9-5-4-6-10-15)25-17-12-8-7-11-16(17)23-22(25)24(20(18)26)13-14-28-2/h4-12,18-19H,3,13-14H2,1-2H3/t18-,19-/m0/s1. The molecule has 1 aliphatic heterocycles. The number of ether oxygens (including phenoxy) is 2. The summed E-state index contributed by atoms with van der Waals surface area (Å²) in [5.74, 6) is -1.34. The molecule has 0 fully saturated rings. The van der Waals surface area contributed by atoms with Crippen LogP contribution in [0.3, 0.4) is 0 Å². The van der Waals surface area contributed by atoms with Gasteiger partial charge in [0, 0.05) is 7.11 Å². The van der Waals surface area contributed by atoms with Crippen LogP contribution in [0.25, 0.3) is 11.0 Å². The van der Waals surface area contributed by atoms with Crippen LogP contribution in [0.4, 0.5) is 5.95 Å². The summed E-state index contributed by atoms with van der Waals surface area (Å²) in [5, 5.41) is 0. The van der Waals surface area contributed by atoms with Gasteiger partial charge in [-0.25, -0.2) is 4.98 Å². The summed E-state index contributed by atoms with van der Waals surface area (Å²) in [4.78, 5) is 32.7. The van der Waals surface area contributed by atoms with Crippen LogP contribution in [0.2, 0.25) is 0 Å². The summed E-state index contributed by atoms with van der Waals surface area (Å²) in [6.07, 6.45) is 0. The number of carbonyl (C=O) groups is 2. The Kier molecular flexibility index (Phi) is 5.31. The van der Waals surface area contributed by atoms with Crippen LogP contribution in [-0.2, 0) is 19.1 Å². The minimum Gasteiger partial charge on any atom is -0.465 e. The lowest BCUT2D eigenvalue weighted by Gasteiger charge is -2.37. The molecule has 29 heavy (non-hydrogen) atoms. The first-order valence-electron chi connectivity index (χ1n) is 9.66. The van der Waals surface area contributed by atoms with Gasteiger partial charge < -0.3 is 14.0 Å². The molecule has 4 rings (SSSR count). The predicted octanol–water partition coefficient (Wildman–Crippen LogP) is 2.80. The lowest BCUT2D eigenvalue weighted by Crippen LogP contribution is -2.51. The Morgan fingerprint density at radius 1 is 1.10 bits per heavy atom. The van der Waals surface area contributed by atoms with Gasteiger partial charge >= 0.3 is 5.97 Å². The second kappa shape index (κ2) is 8.05. The zero-order chi connectivity index (χ0) is 20.4. The number of nitrogens with zero attached hydrogens (tertiary/aromatic N) is 3. The van der Waals surface area contributed by atoms with Crippen LogP contribution in [0.5, 0.6) is 0 Å². The monoisotopic (exact) mass is 393 g/mol. The minimum atomic E-state index is -1.00. The van der Waals surface area contributed by atoms with E-state index in [1.165, 1.54) is 4.90 Å². The molecular formula is C22H23N3O4. The van der Waals surface area contributed by atoms with Crippen molar-refractivity contribution in [3.05, 3.63) is 60.2 Å². The highest BCUT2D eigenvalue weighted by atomic mass is 16.5. The molecule has 150 valence electrons. The third-order valence-corrected chi connectivity index (χ3v) is 5.15. The highest BCUT2D eigenvalue weighted by Crippen LogP contribution is 2.41. The van der Waals surface area contributed by atoms with Crippen molar-refractivity contribution in [3.63, 3.8) is 0 Å². The quantitative estimate of drug-likeness (QED) is 0.476. The Morgan fingerprint density at radius 3 is 2.55 bits per heavy atom. The largest absolute Gasteiger partial charge is 0.465 e. The number of hydrogen-bond acceptors (Lipinski definition) is 5. The van der Waals surface area contributed by atoms with Crippen LogP contribution in [0, 0.1) is 5.92 Å². The maximum absolute atomic E-state index is 13.5. The molecule has 7 heteroatoms. The first-order chi connectivity index (χ1) is 14.2. The molecule has 2 atom stereocenters. The third kappa shape index (κ3) is 3.27. The molecule has 0 saturated carbocycles. The zero-order valence-electron chi connectivity index (χ0n) is 16.4. The third-order valence-electron chi connectivity index (χ3n) is 5.15. The van der Waals surface area contributed by atoms with Crippen LogP contribution in [-0.4, -0.2) is 48.3 Å². The summed E-state index contributed by atoms with van der Waals surface area (Å²) in [7, 11) is 1.58. The van der Waals surface area contributed by atoms with Gasteiger partial charge in [0.2, 0.25) is 11.9 Å². The molecule has 1 aromatic heterocycles. The van der Waals surface area contributed by atoms with E-state index in [2.05, 4.69) is 0 Å². The predicted molar refractivity (Wildman–Crippen MR) is 109 cm³/mol. The molecule has 0 unspecified atom stereocenters. The Morgan fingerprint density at radius 2 is 1.83 bits per heavy atom. The molecule has 0 saturated heterocycles. The summed E-state index contributed by atoms with van der Waals surface area (Å²) in [5.41, 5.74) is 2.48. The van der Waals surface area contributed by atoms with E-state index in [0.717, 1.165) is 16.6 Å². The van der Waals surface area contributed by atoms with Gasteiger partial charge in [-0.2, -0.15) is 0 Å². The van der Waals surface area contributed by atoms with Crippen molar-refractivity contribution < 1.29 is 19.1 Å². The summed E-state index contributed by atoms with van der Waals surface area (Å²) in [6.45, 7) is 2.58. The number of benzene rings is 2. The van der Waals surface area contributed by atoms with Crippen molar-refractivity contribution in [1.29, 1.82) is 0 Å². The topological polar surface area (TPSA) is 73.7 Å². The first kappa shape index (κ1) is 19.1. The SMILES string of the molecule is CCOC(=O)[C@@H]1C(=O)N(CCOC)c2nc3ccccc3n2[C@H]1c1ccccc1. The van der Waals surface area contributed by atoms with Gasteiger partial charge in [-0.3, -0.25) is 14.5 Å². The molecule has 1 aliphatic rings. The second-order valence-corrected chi connectivity index (χ2v) is 6.84. The van der Waals surface area contributed by atoms with Crippen molar-refractivity contribution >= 4 is 28.9 Å². The number of methoxy groups -OCH3 is 1. The first-order valence-corrected chi connectivity index (χ1v) is 9.66. The van der Waals surface area contributed by atoms with E-state index < -0.39 is 17.9 Å². The van der Waals surface area contributed by atoms with Crippen LogP contribution in [0.1, 0.15) is 18.5 Å². The maximum Gasteiger partial charge on any atom is 0.321 e. The highest BCUT2D eigenvalue weighted by Gasteiger charge is 2.47. The molecule has 0 bridgehead atoms. The van der Waals surface area contributed by atoms with E-state index in [-0.39, 0.29) is 12.5 Å². The number of fused-ring (bicyclic) bond motifs is 3. The second-order valence-electron chi connectivity index (χ2n) is 6.84. The minimum absolute atomic E-state index is 0.208. The summed E-state index contributed by atoms with van der Waals surface area (Å²) in [6, 6.07) is 16.7. The molecule has 1 amide bonds. The van der Waals surface area contributed by atoms with Crippen molar-refractivity contribution in [3.8, 4) is 0 Å². The molecule has 0 spiro atoms. The van der Waals surface area contributed by atoms with Crippen molar-refractivity contribution in [2.75, 3.05) is 31.8 Å². The van der Waals surface area contributed by atoms with E-state index in [1.807, 2.05) is 59.2 Å². The number of esters is 1. The van der Waals surface area contributed by atoms with E-state index >= 15 is 0 Å². The number of rotatable bonds is 6. The number of carbonyl (C=O) groups excluding carboxylic acids is 2. The fraction of sp³-hybridized carbons (Fsp3) is 0.318. The Hall–Kier alpha value is -3.19. The molecule has 2 aromatic carbocycles. The van der Waals surface area contributed by atoms with Crippen LogP contribution < -0.4 is 4.90 Å². The Bertz CT molecular complexity index is 1030. The number of anilines is 1. The number of imidazole rings is 1. The molecule has 2 heterocycles. The number of aromatic nitrogens is 2. The normalized spacial score (nSPS) is 18.7. The molecule has 0 N–H and O–H groups in total. The van der Waals surface area contributed by atoms with Gasteiger partial charge in [0.1, 0.15) is 0 Å². The van der Waals surface area contributed by atoms with Crippen molar-refractivity contribution in [2.24, 2.45) is 5.92 Å². The fourth-order valence-electron chi connectivity index (χ4n) is 3.89. The van der Waals surface area contributed by atoms with Crippen molar-refractivity contribution in [2.45, 2.75) is 13.0 Å².